The number of nitrogens with zero attached hydrogens (tertiary/aromatic N) is 4. The van der Waals surface area contributed by atoms with Crippen molar-refractivity contribution in [3.63, 3.8) is 0 Å². The van der Waals surface area contributed by atoms with Gasteiger partial charge in [-0.15, -0.1) is 0 Å². The molecule has 1 fully saturated rings. The van der Waals surface area contributed by atoms with Gasteiger partial charge in [0.25, 0.3) is 5.91 Å². The molecule has 0 bridgehead atoms. The van der Waals surface area contributed by atoms with Gasteiger partial charge in [-0.2, -0.15) is 5.10 Å². The van der Waals surface area contributed by atoms with Crippen molar-refractivity contribution in [2.24, 2.45) is 22.5 Å². The molecule has 14 heteroatoms. The Balaban J connectivity index is 1.64. The van der Waals surface area contributed by atoms with Crippen LogP contribution in [0.4, 0.5) is 21.5 Å². The van der Waals surface area contributed by atoms with Crippen molar-refractivity contribution >= 4 is 58.6 Å². The van der Waals surface area contributed by atoms with Gasteiger partial charge in [0.05, 0.1) is 16.9 Å². The maximum Gasteiger partial charge on any atom is 0.251 e. The van der Waals surface area contributed by atoms with Crippen LogP contribution in [-0.4, -0.2) is 54.0 Å². The van der Waals surface area contributed by atoms with Crippen LogP contribution in [0.5, 0.6) is 0 Å². The van der Waals surface area contributed by atoms with Crippen LogP contribution in [0.3, 0.4) is 0 Å². The molecule has 2 aromatic rings. The van der Waals surface area contributed by atoms with Crippen molar-refractivity contribution in [1.82, 2.24) is 4.90 Å². The Morgan fingerprint density at radius 3 is 2.64 bits per heavy atom. The predicted octanol–water partition coefficient (Wildman–Crippen LogP) is 2.18. The second-order valence-electron chi connectivity index (χ2n) is 9.38. The molecule has 0 spiro atoms. The molecule has 1 unspecified atom stereocenters. The topological polar surface area (TPSA) is 180 Å². The Morgan fingerprint density at radius 1 is 1.14 bits per heavy atom. The van der Waals surface area contributed by atoms with E-state index in [1.165, 1.54) is 21.9 Å². The highest BCUT2D eigenvalue weighted by Crippen LogP contribution is 2.33. The lowest BCUT2D eigenvalue weighted by atomic mass is 10.0. The predicted molar refractivity (Wildman–Crippen MR) is 158 cm³/mol. The number of hydrogen-bond acceptors (Lipinski definition) is 7. The molecule has 0 saturated carbocycles. The molecule has 2 aliphatic rings. The van der Waals surface area contributed by atoms with Crippen LogP contribution < -0.4 is 32.6 Å². The number of nitrogens with one attached hydrogen (secondary N) is 1. The molecular weight excluding hydrogens is 567 g/mol. The normalized spacial score (nSPS) is 15.9. The first-order chi connectivity index (χ1) is 20.1. The molecule has 1 aliphatic carbocycles. The van der Waals surface area contributed by atoms with E-state index in [2.05, 4.69) is 10.4 Å². The molecular formula is C28H28ClFN8O4. The number of amides is 4. The van der Waals surface area contributed by atoms with E-state index in [1.54, 1.807) is 18.2 Å². The van der Waals surface area contributed by atoms with Gasteiger partial charge in [-0.25, -0.2) is 10.2 Å². The third-order valence-electron chi connectivity index (χ3n) is 6.58. The second-order valence-corrected chi connectivity index (χ2v) is 9.82. The summed E-state index contributed by atoms with van der Waals surface area (Å²) in [5, 5.41) is 7.34. The maximum atomic E-state index is 14.4. The van der Waals surface area contributed by atoms with Gasteiger partial charge in [0.1, 0.15) is 31.3 Å². The van der Waals surface area contributed by atoms with Crippen LogP contribution in [-0.2, 0) is 14.4 Å². The number of allylic oxidation sites excluding steroid dienone is 5. The van der Waals surface area contributed by atoms with Gasteiger partial charge < -0.3 is 21.8 Å². The molecule has 7 N–H and O–H groups in total. The largest absolute Gasteiger partial charge is 0.366 e. The summed E-state index contributed by atoms with van der Waals surface area (Å²) in [4.78, 5) is 54.4. The van der Waals surface area contributed by atoms with Crippen LogP contribution in [0.25, 0.3) is 0 Å². The number of anilines is 3. The maximum absolute atomic E-state index is 14.4. The van der Waals surface area contributed by atoms with Gasteiger partial charge in [-0.1, -0.05) is 42.0 Å². The average Bonchev–Trinajstić information content (AvgIpc) is 3.21. The Kier molecular flexibility index (Phi) is 9.35. The van der Waals surface area contributed by atoms with Crippen LogP contribution in [0.2, 0.25) is 5.02 Å². The number of benzene rings is 2. The quantitative estimate of drug-likeness (QED) is 0.148. The summed E-state index contributed by atoms with van der Waals surface area (Å²) in [6.45, 7) is -0.861. The van der Waals surface area contributed by atoms with Crippen LogP contribution in [0, 0.1) is 5.82 Å². The van der Waals surface area contributed by atoms with Crippen molar-refractivity contribution in [2.75, 3.05) is 28.3 Å². The molecule has 4 rings (SSSR count). The molecule has 1 atom stereocenters. The van der Waals surface area contributed by atoms with E-state index in [1.807, 2.05) is 24.3 Å². The zero-order valence-corrected chi connectivity index (χ0v) is 23.0. The number of hydrogen-bond donors (Lipinski definition) is 4. The van der Waals surface area contributed by atoms with E-state index in [-0.39, 0.29) is 23.4 Å². The smallest absolute Gasteiger partial charge is 0.251 e. The first kappa shape index (κ1) is 30.0. The van der Waals surface area contributed by atoms with Gasteiger partial charge >= 0.3 is 0 Å². The van der Waals surface area contributed by atoms with Crippen molar-refractivity contribution in [3.8, 4) is 0 Å². The van der Waals surface area contributed by atoms with E-state index in [0.717, 1.165) is 29.1 Å². The lowest BCUT2D eigenvalue weighted by Crippen LogP contribution is -2.59. The van der Waals surface area contributed by atoms with E-state index in [0.29, 0.717) is 17.1 Å². The first-order valence-corrected chi connectivity index (χ1v) is 13.1. The summed E-state index contributed by atoms with van der Waals surface area (Å²) in [5.74, 6) is 7.64. The minimum absolute atomic E-state index is 0.0448. The van der Waals surface area contributed by atoms with E-state index >= 15 is 0 Å². The zero-order valence-electron chi connectivity index (χ0n) is 22.2. The summed E-state index contributed by atoms with van der Waals surface area (Å²) < 4.78 is 14.4. The Bertz CT molecular complexity index is 1540. The van der Waals surface area contributed by atoms with Crippen LogP contribution in [0.1, 0.15) is 23.2 Å². The fourth-order valence-corrected chi connectivity index (χ4v) is 4.71. The second kappa shape index (κ2) is 13.1. The molecule has 1 aliphatic heterocycles. The van der Waals surface area contributed by atoms with Gasteiger partial charge in [0.15, 0.2) is 0 Å². The highest BCUT2D eigenvalue weighted by Gasteiger charge is 2.39. The summed E-state index contributed by atoms with van der Waals surface area (Å²) in [6.07, 6.45) is 11.2. The minimum atomic E-state index is -1.14. The van der Waals surface area contributed by atoms with E-state index < -0.39 is 48.6 Å². The lowest BCUT2D eigenvalue weighted by Gasteiger charge is -2.39. The molecule has 218 valence electrons. The number of piperazine rings is 1. The van der Waals surface area contributed by atoms with E-state index in [9.17, 15) is 23.6 Å². The number of hydrazone groups is 1. The van der Waals surface area contributed by atoms with Crippen molar-refractivity contribution < 1.29 is 23.6 Å². The Morgan fingerprint density at radius 2 is 1.93 bits per heavy atom. The van der Waals surface area contributed by atoms with Crippen LogP contribution in [0.15, 0.2) is 77.5 Å². The molecule has 2 aromatic carbocycles. The molecule has 0 radical (unpaired) electrons. The summed E-state index contributed by atoms with van der Waals surface area (Å²) in [6, 6.07) is 6.85. The molecule has 4 amide bonds. The number of halogens is 2. The third kappa shape index (κ3) is 6.82. The average molecular weight is 595 g/mol. The van der Waals surface area contributed by atoms with Crippen molar-refractivity contribution in [1.29, 1.82) is 0 Å². The van der Waals surface area contributed by atoms with Crippen molar-refractivity contribution in [2.45, 2.75) is 18.9 Å². The Labute approximate surface area is 245 Å². The lowest BCUT2D eigenvalue weighted by molar-refractivity contribution is -0.143. The monoisotopic (exact) mass is 594 g/mol. The summed E-state index contributed by atoms with van der Waals surface area (Å²) in [7, 11) is 0. The fourth-order valence-electron chi connectivity index (χ4n) is 4.55. The first-order valence-electron chi connectivity index (χ1n) is 12.7. The SMILES string of the molecule is N/N=C\N(N)c1ccc(Cl)cc1N1CC(=O)N(C(CC2=CC=CCC=C2)C(=O)Nc2ccc(C(N)=O)c(F)c2)CC1=O. The van der Waals surface area contributed by atoms with Gasteiger partial charge in [-0.3, -0.25) is 29.1 Å². The summed E-state index contributed by atoms with van der Waals surface area (Å²) in [5.41, 5.74) is 6.16. The third-order valence-corrected chi connectivity index (χ3v) is 6.81. The fraction of sp³-hybridized carbons (Fsp3) is 0.179. The number of primary amides is 1. The molecule has 12 nitrogen and oxygen atoms in total. The standard InChI is InChI=1S/C28H28ClFN8O4/c29-18-7-10-22(38(33)16-34-32)23(12-18)36-14-26(40)37(15-25(36)39)24(11-17-5-3-1-2-4-6-17)28(42)35-19-8-9-20(27(31)41)21(30)13-19/h1,3-10,12-13,16,24H,2,11,14-15,32-33H2,(H2,31,41)(H,35,42)/b34-16-. The minimum Gasteiger partial charge on any atom is -0.366 e. The van der Waals surface area contributed by atoms with Gasteiger partial charge in [0, 0.05) is 17.1 Å². The number of carbonyl (C=O) groups excluding carboxylic acids is 4. The molecule has 1 saturated heterocycles. The van der Waals surface area contributed by atoms with Gasteiger partial charge in [-0.05, 0) is 48.4 Å². The zero-order chi connectivity index (χ0) is 30.4. The molecule has 1 heterocycles. The number of nitrogens with two attached hydrogens (primary N) is 3. The highest BCUT2D eigenvalue weighted by atomic mass is 35.5. The molecule has 42 heavy (non-hydrogen) atoms. The Hall–Kier alpha value is -5.01. The summed E-state index contributed by atoms with van der Waals surface area (Å²) >= 11 is 6.19. The number of carbonyl (C=O) groups is 4. The van der Waals surface area contributed by atoms with Crippen LogP contribution >= 0.6 is 11.6 Å². The number of rotatable bonds is 9. The van der Waals surface area contributed by atoms with E-state index in [4.69, 9.17) is 29.0 Å². The number of hydrazine groups is 1. The van der Waals surface area contributed by atoms with Gasteiger partial charge in [0.2, 0.25) is 17.7 Å². The van der Waals surface area contributed by atoms with Crippen molar-refractivity contribution in [3.05, 3.63) is 88.8 Å². The molecule has 0 aromatic heterocycles. The highest BCUT2D eigenvalue weighted by molar-refractivity contribution is 6.31.